The van der Waals surface area contributed by atoms with Crippen molar-refractivity contribution in [2.24, 2.45) is 0 Å². The van der Waals surface area contributed by atoms with Crippen molar-refractivity contribution in [2.45, 2.75) is 63.6 Å². The molecule has 0 aromatic heterocycles. The summed E-state index contributed by atoms with van der Waals surface area (Å²) >= 11 is 0. The second-order valence-electron chi connectivity index (χ2n) is 6.08. The summed E-state index contributed by atoms with van der Waals surface area (Å²) in [5, 5.41) is 3.09. The Hall–Kier alpha value is -0.910. The first kappa shape index (κ1) is 16.5. The van der Waals surface area contributed by atoms with Crippen molar-refractivity contribution < 1.29 is 8.42 Å². The van der Waals surface area contributed by atoms with Crippen LogP contribution in [0.25, 0.3) is 0 Å². The van der Waals surface area contributed by atoms with Crippen LogP contribution in [-0.2, 0) is 16.6 Å². The van der Waals surface area contributed by atoms with Crippen LogP contribution in [0.2, 0.25) is 0 Å². The number of aryl methyl sites for hydroxylation is 1. The Labute approximate surface area is 128 Å². The van der Waals surface area contributed by atoms with Crippen LogP contribution in [0.15, 0.2) is 23.1 Å². The van der Waals surface area contributed by atoms with E-state index in [-0.39, 0.29) is 12.1 Å². The third kappa shape index (κ3) is 3.30. The Bertz CT molecular complexity index is 588. The molecule has 1 heterocycles. The summed E-state index contributed by atoms with van der Waals surface area (Å²) in [6.07, 6.45) is 2.99. The summed E-state index contributed by atoms with van der Waals surface area (Å²) in [5.41, 5.74) is 2.15. The molecule has 1 aliphatic heterocycles. The molecular weight excluding hydrogens is 284 g/mol. The molecule has 1 fully saturated rings. The third-order valence-corrected chi connectivity index (χ3v) is 6.50. The Kier molecular flexibility index (Phi) is 5.07. The van der Waals surface area contributed by atoms with Crippen molar-refractivity contribution in [3.63, 3.8) is 0 Å². The molecule has 0 aliphatic carbocycles. The van der Waals surface area contributed by atoms with Gasteiger partial charge in [0, 0.05) is 18.6 Å². The van der Waals surface area contributed by atoms with Crippen molar-refractivity contribution in [2.75, 3.05) is 7.05 Å². The molecule has 2 rings (SSSR count). The molecule has 0 saturated carbocycles. The predicted octanol–water partition coefficient (Wildman–Crippen LogP) is 2.67. The first-order valence-corrected chi connectivity index (χ1v) is 9.09. The minimum atomic E-state index is -3.41. The molecule has 4 nitrogen and oxygen atoms in total. The van der Waals surface area contributed by atoms with Crippen molar-refractivity contribution in [1.82, 2.24) is 9.62 Å². The fourth-order valence-electron chi connectivity index (χ4n) is 3.18. The van der Waals surface area contributed by atoms with E-state index in [2.05, 4.69) is 5.32 Å². The van der Waals surface area contributed by atoms with Crippen molar-refractivity contribution >= 4 is 10.0 Å². The first-order chi connectivity index (χ1) is 9.87. The third-order valence-electron chi connectivity index (χ3n) is 4.38. The van der Waals surface area contributed by atoms with E-state index in [0.717, 1.165) is 30.4 Å². The number of piperidine rings is 1. The molecule has 118 valence electrons. The van der Waals surface area contributed by atoms with Gasteiger partial charge in [-0.05, 0) is 63.9 Å². The Morgan fingerprint density at radius 3 is 2.43 bits per heavy atom. The number of nitrogens with zero attached hydrogens (tertiary/aromatic N) is 1. The molecule has 0 radical (unpaired) electrons. The van der Waals surface area contributed by atoms with Crippen LogP contribution in [-0.4, -0.2) is 31.9 Å². The van der Waals surface area contributed by atoms with Gasteiger partial charge in [0.05, 0.1) is 4.90 Å². The molecule has 2 atom stereocenters. The Morgan fingerprint density at radius 1 is 1.24 bits per heavy atom. The maximum atomic E-state index is 13.0. The summed E-state index contributed by atoms with van der Waals surface area (Å²) in [7, 11) is -1.54. The van der Waals surface area contributed by atoms with Crippen molar-refractivity contribution in [3.05, 3.63) is 29.3 Å². The number of benzene rings is 1. The number of hydrogen-bond acceptors (Lipinski definition) is 3. The average molecular weight is 310 g/mol. The van der Waals surface area contributed by atoms with Gasteiger partial charge in [0.25, 0.3) is 0 Å². The Morgan fingerprint density at radius 2 is 1.86 bits per heavy atom. The SMILES string of the molecule is CNCc1cc(S(=O)(=O)N2[C@H](C)CCC[C@@H]2C)ccc1C. The average Bonchev–Trinajstić information content (AvgIpc) is 2.41. The quantitative estimate of drug-likeness (QED) is 0.930. The van der Waals surface area contributed by atoms with Crippen LogP contribution in [0.3, 0.4) is 0 Å². The fourth-order valence-corrected chi connectivity index (χ4v) is 5.12. The molecule has 1 N–H and O–H groups in total. The monoisotopic (exact) mass is 310 g/mol. The van der Waals surface area contributed by atoms with E-state index in [4.69, 9.17) is 0 Å². The molecule has 0 amide bonds. The molecule has 0 bridgehead atoms. The van der Waals surface area contributed by atoms with Gasteiger partial charge in [-0.3, -0.25) is 0 Å². The lowest BCUT2D eigenvalue weighted by molar-refractivity contribution is 0.204. The largest absolute Gasteiger partial charge is 0.316 e. The van der Waals surface area contributed by atoms with Gasteiger partial charge in [-0.1, -0.05) is 12.5 Å². The summed E-state index contributed by atoms with van der Waals surface area (Å²) in [6.45, 7) is 6.71. The van der Waals surface area contributed by atoms with Gasteiger partial charge in [-0.2, -0.15) is 4.31 Å². The maximum absolute atomic E-state index is 13.0. The molecule has 0 spiro atoms. The number of sulfonamides is 1. The van der Waals surface area contributed by atoms with Crippen LogP contribution < -0.4 is 5.32 Å². The lowest BCUT2D eigenvalue weighted by Gasteiger charge is -2.37. The van der Waals surface area contributed by atoms with Crippen LogP contribution in [0.5, 0.6) is 0 Å². The van der Waals surface area contributed by atoms with Crippen LogP contribution in [0.1, 0.15) is 44.2 Å². The second kappa shape index (κ2) is 6.46. The van der Waals surface area contributed by atoms with Crippen molar-refractivity contribution in [1.29, 1.82) is 0 Å². The zero-order valence-electron chi connectivity index (χ0n) is 13.4. The van der Waals surface area contributed by atoms with E-state index in [1.807, 2.05) is 40.0 Å². The second-order valence-corrected chi connectivity index (χ2v) is 7.93. The molecule has 1 saturated heterocycles. The van der Waals surface area contributed by atoms with E-state index in [1.165, 1.54) is 0 Å². The highest BCUT2D eigenvalue weighted by Gasteiger charge is 2.35. The van der Waals surface area contributed by atoms with Crippen molar-refractivity contribution in [3.8, 4) is 0 Å². The summed E-state index contributed by atoms with van der Waals surface area (Å²) in [4.78, 5) is 0.416. The molecule has 1 aromatic carbocycles. The predicted molar refractivity (Wildman–Crippen MR) is 85.7 cm³/mol. The van der Waals surface area contributed by atoms with Crippen LogP contribution in [0, 0.1) is 6.92 Å². The highest BCUT2D eigenvalue weighted by molar-refractivity contribution is 7.89. The number of hydrogen-bond donors (Lipinski definition) is 1. The van der Waals surface area contributed by atoms with E-state index in [1.54, 1.807) is 10.4 Å². The summed E-state index contributed by atoms with van der Waals surface area (Å²) in [6, 6.07) is 5.60. The minimum Gasteiger partial charge on any atom is -0.316 e. The lowest BCUT2D eigenvalue weighted by atomic mass is 10.0. The summed E-state index contributed by atoms with van der Waals surface area (Å²) < 4.78 is 27.7. The summed E-state index contributed by atoms with van der Waals surface area (Å²) in [5.74, 6) is 0. The smallest absolute Gasteiger partial charge is 0.243 e. The van der Waals surface area contributed by atoms with Gasteiger partial charge in [0.1, 0.15) is 0 Å². The van der Waals surface area contributed by atoms with Gasteiger partial charge in [0.15, 0.2) is 0 Å². The number of rotatable bonds is 4. The minimum absolute atomic E-state index is 0.0767. The molecule has 21 heavy (non-hydrogen) atoms. The lowest BCUT2D eigenvalue weighted by Crippen LogP contribution is -2.47. The Balaban J connectivity index is 2.41. The maximum Gasteiger partial charge on any atom is 0.243 e. The van der Waals surface area contributed by atoms with Gasteiger partial charge in [0.2, 0.25) is 10.0 Å². The van der Waals surface area contributed by atoms with Gasteiger partial charge in [-0.15, -0.1) is 0 Å². The van der Waals surface area contributed by atoms with Gasteiger partial charge >= 0.3 is 0 Å². The van der Waals surface area contributed by atoms with E-state index in [9.17, 15) is 8.42 Å². The molecule has 1 aromatic rings. The van der Waals surface area contributed by atoms with E-state index >= 15 is 0 Å². The van der Waals surface area contributed by atoms with Crippen LogP contribution >= 0.6 is 0 Å². The zero-order valence-corrected chi connectivity index (χ0v) is 14.2. The standard InChI is InChI=1S/C16H26N2O2S/c1-12-8-9-16(10-15(12)11-17-4)21(19,20)18-13(2)6-5-7-14(18)3/h8-10,13-14,17H,5-7,11H2,1-4H3/t13-,14+. The van der Waals surface area contributed by atoms with E-state index in [0.29, 0.717) is 11.4 Å². The molecule has 1 aliphatic rings. The number of nitrogens with one attached hydrogen (secondary N) is 1. The fraction of sp³-hybridized carbons (Fsp3) is 0.625. The highest BCUT2D eigenvalue weighted by atomic mass is 32.2. The van der Waals surface area contributed by atoms with E-state index < -0.39 is 10.0 Å². The topological polar surface area (TPSA) is 49.4 Å². The highest BCUT2D eigenvalue weighted by Crippen LogP contribution is 2.30. The molecule has 0 unspecified atom stereocenters. The molecular formula is C16H26N2O2S. The van der Waals surface area contributed by atoms with Gasteiger partial charge in [-0.25, -0.2) is 8.42 Å². The normalized spacial score (nSPS) is 24.2. The van der Waals surface area contributed by atoms with Crippen LogP contribution in [0.4, 0.5) is 0 Å². The van der Waals surface area contributed by atoms with Gasteiger partial charge < -0.3 is 5.32 Å². The zero-order chi connectivity index (χ0) is 15.6. The first-order valence-electron chi connectivity index (χ1n) is 7.65. The molecule has 5 heteroatoms.